The molecule has 5 heteroatoms. The van der Waals surface area contributed by atoms with Crippen LogP contribution in [-0.2, 0) is 0 Å². The first kappa shape index (κ1) is 11.6. The Balaban J connectivity index is 2.16. The summed E-state index contributed by atoms with van der Waals surface area (Å²) in [5.41, 5.74) is 0. The second-order valence-corrected chi connectivity index (χ2v) is 4.38. The van der Waals surface area contributed by atoms with Crippen LogP contribution in [0.2, 0.25) is 0 Å². The molecule has 2 heterocycles. The number of pyridine rings is 1. The number of piperidine rings is 1. The molecule has 0 N–H and O–H groups in total. The Bertz CT molecular complexity index is 373. The average molecular weight is 247 g/mol. The van der Waals surface area contributed by atoms with Crippen molar-refractivity contribution in [1.29, 1.82) is 0 Å². The smallest absolute Gasteiger partial charge is 0.168 e. The molecule has 1 aromatic rings. The molecule has 1 atom stereocenters. The number of aromatic nitrogens is 1. The lowest BCUT2D eigenvalue weighted by Gasteiger charge is -2.32. The molecule has 16 heavy (non-hydrogen) atoms. The van der Waals surface area contributed by atoms with Crippen molar-refractivity contribution in [2.24, 2.45) is 5.92 Å². The summed E-state index contributed by atoms with van der Waals surface area (Å²) in [6.07, 6.45) is 3.07. The summed E-state index contributed by atoms with van der Waals surface area (Å²) in [6, 6.07) is 0.868. The lowest BCUT2D eigenvalue weighted by Crippen LogP contribution is -2.37. The number of hydrogen-bond donors (Lipinski definition) is 0. The number of nitrogens with zero attached hydrogens (tertiary/aromatic N) is 2. The fourth-order valence-electron chi connectivity index (χ4n) is 2.02. The van der Waals surface area contributed by atoms with Crippen LogP contribution in [0, 0.1) is 17.6 Å². The van der Waals surface area contributed by atoms with Gasteiger partial charge in [-0.05, 0) is 18.8 Å². The molecule has 0 radical (unpaired) electrons. The first-order valence-electron chi connectivity index (χ1n) is 5.32. The van der Waals surface area contributed by atoms with Gasteiger partial charge in [0, 0.05) is 25.0 Å². The lowest BCUT2D eigenvalue weighted by molar-refractivity contribution is 0.442. The number of rotatable bonds is 2. The predicted molar refractivity (Wildman–Crippen MR) is 59.8 cm³/mol. The van der Waals surface area contributed by atoms with Gasteiger partial charge in [-0.3, -0.25) is 0 Å². The number of anilines is 1. The molecule has 1 aromatic heterocycles. The molecule has 1 aliphatic rings. The fourth-order valence-corrected chi connectivity index (χ4v) is 2.28. The van der Waals surface area contributed by atoms with E-state index in [1.165, 1.54) is 0 Å². The van der Waals surface area contributed by atoms with Gasteiger partial charge in [0.05, 0.1) is 6.20 Å². The number of hydrogen-bond acceptors (Lipinski definition) is 2. The number of halogens is 3. The van der Waals surface area contributed by atoms with Crippen LogP contribution in [0.1, 0.15) is 12.8 Å². The second kappa shape index (κ2) is 4.95. The van der Waals surface area contributed by atoms with E-state index in [0.717, 1.165) is 31.6 Å². The molecular formula is C11H13ClF2N2. The molecule has 0 spiro atoms. The van der Waals surface area contributed by atoms with Gasteiger partial charge in [-0.25, -0.2) is 13.8 Å². The highest BCUT2D eigenvalue weighted by Crippen LogP contribution is 2.24. The maximum atomic E-state index is 13.5. The third-order valence-corrected chi connectivity index (χ3v) is 3.26. The van der Waals surface area contributed by atoms with Crippen LogP contribution in [0.25, 0.3) is 0 Å². The van der Waals surface area contributed by atoms with Crippen molar-refractivity contribution in [2.75, 3.05) is 23.9 Å². The van der Waals surface area contributed by atoms with Crippen molar-refractivity contribution in [3.05, 3.63) is 23.9 Å². The van der Waals surface area contributed by atoms with Crippen LogP contribution >= 0.6 is 11.6 Å². The van der Waals surface area contributed by atoms with E-state index in [-0.39, 0.29) is 5.82 Å². The Hall–Kier alpha value is -0.900. The predicted octanol–water partition coefficient (Wildman–Crippen LogP) is 2.82. The zero-order valence-corrected chi connectivity index (χ0v) is 9.55. The zero-order valence-electron chi connectivity index (χ0n) is 8.80. The Kier molecular flexibility index (Phi) is 3.59. The van der Waals surface area contributed by atoms with Crippen molar-refractivity contribution >= 4 is 17.4 Å². The van der Waals surface area contributed by atoms with Crippen LogP contribution in [-0.4, -0.2) is 24.0 Å². The summed E-state index contributed by atoms with van der Waals surface area (Å²) in [5.74, 6) is -0.0838. The highest BCUT2D eigenvalue weighted by molar-refractivity contribution is 6.18. The SMILES string of the molecule is Fc1cnc(N2CCCC(CCl)C2)c(F)c1. The molecule has 0 saturated carbocycles. The molecule has 2 nitrogen and oxygen atoms in total. The Morgan fingerprint density at radius 1 is 1.50 bits per heavy atom. The summed E-state index contributed by atoms with van der Waals surface area (Å²) >= 11 is 5.80. The summed E-state index contributed by atoms with van der Waals surface area (Å²) in [5, 5.41) is 0. The van der Waals surface area contributed by atoms with E-state index in [4.69, 9.17) is 11.6 Å². The molecule has 88 valence electrons. The van der Waals surface area contributed by atoms with Crippen molar-refractivity contribution in [3.63, 3.8) is 0 Å². The maximum Gasteiger partial charge on any atom is 0.168 e. The summed E-state index contributed by atoms with van der Waals surface area (Å²) in [4.78, 5) is 5.64. The molecule has 0 aliphatic carbocycles. The van der Waals surface area contributed by atoms with E-state index in [1.807, 2.05) is 4.90 Å². The summed E-state index contributed by atoms with van der Waals surface area (Å²) < 4.78 is 26.2. The summed E-state index contributed by atoms with van der Waals surface area (Å²) in [6.45, 7) is 1.45. The first-order chi connectivity index (χ1) is 7.70. The van der Waals surface area contributed by atoms with Crippen LogP contribution < -0.4 is 4.90 Å². The molecule has 1 fully saturated rings. The zero-order chi connectivity index (χ0) is 11.5. The Morgan fingerprint density at radius 2 is 2.31 bits per heavy atom. The molecule has 0 aromatic carbocycles. The molecular weight excluding hydrogens is 234 g/mol. The average Bonchev–Trinajstić information content (AvgIpc) is 2.29. The van der Waals surface area contributed by atoms with Gasteiger partial charge in [0.1, 0.15) is 5.82 Å². The van der Waals surface area contributed by atoms with E-state index in [2.05, 4.69) is 4.98 Å². The highest BCUT2D eigenvalue weighted by Gasteiger charge is 2.22. The third kappa shape index (κ3) is 2.43. The monoisotopic (exact) mass is 246 g/mol. The molecule has 1 saturated heterocycles. The summed E-state index contributed by atoms with van der Waals surface area (Å²) in [7, 11) is 0. The van der Waals surface area contributed by atoms with Crippen molar-refractivity contribution in [1.82, 2.24) is 4.98 Å². The molecule has 1 unspecified atom stereocenters. The van der Waals surface area contributed by atoms with Gasteiger partial charge in [0.15, 0.2) is 11.6 Å². The third-order valence-electron chi connectivity index (χ3n) is 2.83. The van der Waals surface area contributed by atoms with Crippen molar-refractivity contribution < 1.29 is 8.78 Å². The van der Waals surface area contributed by atoms with Gasteiger partial charge < -0.3 is 4.90 Å². The normalized spacial score (nSPS) is 21.2. The minimum absolute atomic E-state index is 0.233. The minimum atomic E-state index is -0.646. The van der Waals surface area contributed by atoms with Gasteiger partial charge in [0.2, 0.25) is 0 Å². The van der Waals surface area contributed by atoms with Gasteiger partial charge in [-0.1, -0.05) is 0 Å². The lowest BCUT2D eigenvalue weighted by atomic mass is 10.00. The van der Waals surface area contributed by atoms with Crippen LogP contribution in [0.4, 0.5) is 14.6 Å². The van der Waals surface area contributed by atoms with Gasteiger partial charge in [-0.2, -0.15) is 0 Å². The maximum absolute atomic E-state index is 13.5. The van der Waals surface area contributed by atoms with Gasteiger partial charge >= 0.3 is 0 Å². The molecule has 1 aliphatic heterocycles. The quantitative estimate of drug-likeness (QED) is 0.746. The number of alkyl halides is 1. The fraction of sp³-hybridized carbons (Fsp3) is 0.545. The standard InChI is InChI=1S/C11H13ClF2N2/c12-5-8-2-1-3-16(7-8)11-10(14)4-9(13)6-15-11/h4,6,8H,1-3,5,7H2. The molecule has 0 amide bonds. The van der Waals surface area contributed by atoms with Crippen LogP contribution in [0.15, 0.2) is 12.3 Å². The second-order valence-electron chi connectivity index (χ2n) is 4.07. The van der Waals surface area contributed by atoms with E-state index in [9.17, 15) is 8.78 Å². The van der Waals surface area contributed by atoms with Crippen molar-refractivity contribution in [3.8, 4) is 0 Å². The van der Waals surface area contributed by atoms with Gasteiger partial charge in [-0.15, -0.1) is 11.6 Å². The van der Waals surface area contributed by atoms with Crippen molar-refractivity contribution in [2.45, 2.75) is 12.8 Å². The molecule has 0 bridgehead atoms. The Labute approximate surface area is 98.2 Å². The van der Waals surface area contributed by atoms with Crippen LogP contribution in [0.5, 0.6) is 0 Å². The highest BCUT2D eigenvalue weighted by atomic mass is 35.5. The Morgan fingerprint density at radius 3 is 3.00 bits per heavy atom. The first-order valence-corrected chi connectivity index (χ1v) is 5.86. The van der Waals surface area contributed by atoms with E-state index < -0.39 is 11.6 Å². The van der Waals surface area contributed by atoms with E-state index in [0.29, 0.717) is 18.3 Å². The van der Waals surface area contributed by atoms with Crippen LogP contribution in [0.3, 0.4) is 0 Å². The largest absolute Gasteiger partial charge is 0.354 e. The van der Waals surface area contributed by atoms with E-state index in [1.54, 1.807) is 0 Å². The molecule has 2 rings (SSSR count). The van der Waals surface area contributed by atoms with Gasteiger partial charge in [0.25, 0.3) is 0 Å². The minimum Gasteiger partial charge on any atom is -0.354 e. The topological polar surface area (TPSA) is 16.1 Å². The van der Waals surface area contributed by atoms with E-state index >= 15 is 0 Å².